The van der Waals surface area contributed by atoms with E-state index in [1.54, 1.807) is 13.2 Å². The molecule has 0 fully saturated rings. The minimum atomic E-state index is -0.668. The topological polar surface area (TPSA) is 76.7 Å². The molecule has 6 heteroatoms. The van der Waals surface area contributed by atoms with E-state index in [9.17, 15) is 9.59 Å². The molecule has 0 unspecified atom stereocenters. The van der Waals surface area contributed by atoms with E-state index in [4.69, 9.17) is 9.47 Å². The van der Waals surface area contributed by atoms with E-state index < -0.39 is 11.8 Å². The Morgan fingerprint density at radius 3 is 2.58 bits per heavy atom. The smallest absolute Gasteiger partial charge is 0.309 e. The van der Waals surface area contributed by atoms with Gasteiger partial charge in [0.15, 0.2) is 0 Å². The molecule has 2 amide bonds. The van der Waals surface area contributed by atoms with E-state index in [1.807, 2.05) is 18.2 Å². The maximum absolute atomic E-state index is 11.5. The number of nitrogens with one attached hydrogen (secondary N) is 2. The summed E-state index contributed by atoms with van der Waals surface area (Å²) in [7, 11) is 3.09. The third-order valence-corrected chi connectivity index (χ3v) is 2.39. The maximum atomic E-state index is 11.5. The van der Waals surface area contributed by atoms with Crippen LogP contribution in [-0.4, -0.2) is 39.2 Å². The van der Waals surface area contributed by atoms with Crippen LogP contribution in [-0.2, 0) is 20.9 Å². The molecule has 0 aliphatic rings. The molecule has 1 rings (SSSR count). The lowest BCUT2D eigenvalue weighted by Gasteiger charge is -2.07. The first kappa shape index (κ1) is 15.0. The summed E-state index contributed by atoms with van der Waals surface area (Å²) in [6.07, 6.45) is 0. The molecule has 0 saturated heterocycles. The van der Waals surface area contributed by atoms with Gasteiger partial charge in [0.2, 0.25) is 0 Å². The van der Waals surface area contributed by atoms with E-state index in [2.05, 4.69) is 10.6 Å². The molecular weight excluding hydrogens is 248 g/mol. The SMILES string of the molecule is COCCNC(=O)C(=O)NCc1cccc(OC)c1. The fourth-order valence-corrected chi connectivity index (χ4v) is 1.39. The van der Waals surface area contributed by atoms with Gasteiger partial charge in [-0.2, -0.15) is 0 Å². The van der Waals surface area contributed by atoms with Gasteiger partial charge in [-0.05, 0) is 17.7 Å². The number of benzene rings is 1. The van der Waals surface area contributed by atoms with Crippen molar-refractivity contribution in [2.24, 2.45) is 0 Å². The highest BCUT2D eigenvalue weighted by atomic mass is 16.5. The first-order chi connectivity index (χ1) is 9.17. The molecule has 0 aliphatic heterocycles. The first-order valence-corrected chi connectivity index (χ1v) is 5.85. The van der Waals surface area contributed by atoms with Gasteiger partial charge in [0.1, 0.15) is 5.75 Å². The van der Waals surface area contributed by atoms with Crippen molar-refractivity contribution in [3.05, 3.63) is 29.8 Å². The Labute approximate surface area is 112 Å². The molecule has 1 aromatic rings. The van der Waals surface area contributed by atoms with Crippen LogP contribution in [0.1, 0.15) is 5.56 Å². The molecule has 0 bridgehead atoms. The zero-order valence-electron chi connectivity index (χ0n) is 11.1. The Balaban J connectivity index is 2.38. The number of amides is 2. The largest absolute Gasteiger partial charge is 0.497 e. The van der Waals surface area contributed by atoms with Crippen LogP contribution in [0.15, 0.2) is 24.3 Å². The second kappa shape index (κ2) is 8.10. The van der Waals surface area contributed by atoms with E-state index in [0.717, 1.165) is 5.56 Å². The molecule has 104 valence electrons. The predicted molar refractivity (Wildman–Crippen MR) is 69.7 cm³/mol. The Kier molecular flexibility index (Phi) is 6.38. The van der Waals surface area contributed by atoms with E-state index in [-0.39, 0.29) is 6.54 Å². The zero-order valence-corrected chi connectivity index (χ0v) is 11.1. The van der Waals surface area contributed by atoms with Gasteiger partial charge < -0.3 is 20.1 Å². The van der Waals surface area contributed by atoms with Crippen LogP contribution < -0.4 is 15.4 Å². The second-order valence-electron chi connectivity index (χ2n) is 3.78. The number of hydrogen-bond acceptors (Lipinski definition) is 4. The molecule has 0 aliphatic carbocycles. The van der Waals surface area contributed by atoms with Crippen LogP contribution in [0.3, 0.4) is 0 Å². The third kappa shape index (κ3) is 5.39. The van der Waals surface area contributed by atoms with Crippen LogP contribution in [0, 0.1) is 0 Å². The molecule has 2 N–H and O–H groups in total. The quantitative estimate of drug-likeness (QED) is 0.564. The molecule has 0 radical (unpaired) electrons. The van der Waals surface area contributed by atoms with Crippen molar-refractivity contribution in [1.82, 2.24) is 10.6 Å². The highest BCUT2D eigenvalue weighted by Crippen LogP contribution is 2.11. The summed E-state index contributed by atoms with van der Waals surface area (Å²) >= 11 is 0. The van der Waals surface area contributed by atoms with Crippen molar-refractivity contribution in [3.63, 3.8) is 0 Å². The number of hydrogen-bond donors (Lipinski definition) is 2. The van der Waals surface area contributed by atoms with Crippen molar-refractivity contribution >= 4 is 11.8 Å². The fraction of sp³-hybridized carbons (Fsp3) is 0.385. The standard InChI is InChI=1S/C13H18N2O4/c1-18-7-6-14-12(16)13(17)15-9-10-4-3-5-11(8-10)19-2/h3-5,8H,6-7,9H2,1-2H3,(H,14,16)(H,15,17). The number of ether oxygens (including phenoxy) is 2. The molecule has 0 aromatic heterocycles. The van der Waals surface area contributed by atoms with E-state index >= 15 is 0 Å². The Hall–Kier alpha value is -2.08. The van der Waals surface area contributed by atoms with Gasteiger partial charge in [0.05, 0.1) is 13.7 Å². The summed E-state index contributed by atoms with van der Waals surface area (Å²) in [6.45, 7) is 0.949. The zero-order chi connectivity index (χ0) is 14.1. The van der Waals surface area contributed by atoms with Crippen LogP contribution in [0.5, 0.6) is 5.75 Å². The lowest BCUT2D eigenvalue weighted by atomic mass is 10.2. The molecule has 0 spiro atoms. The molecule has 6 nitrogen and oxygen atoms in total. The molecular formula is C13H18N2O4. The molecule has 0 heterocycles. The fourth-order valence-electron chi connectivity index (χ4n) is 1.39. The van der Waals surface area contributed by atoms with Gasteiger partial charge in [-0.1, -0.05) is 12.1 Å². The van der Waals surface area contributed by atoms with Crippen molar-refractivity contribution in [2.45, 2.75) is 6.54 Å². The Morgan fingerprint density at radius 2 is 1.89 bits per heavy atom. The lowest BCUT2D eigenvalue weighted by Crippen LogP contribution is -2.40. The van der Waals surface area contributed by atoms with E-state index in [1.165, 1.54) is 7.11 Å². The average Bonchev–Trinajstić information content (AvgIpc) is 2.45. The molecule has 0 atom stereocenters. The van der Waals surface area contributed by atoms with Crippen molar-refractivity contribution in [2.75, 3.05) is 27.4 Å². The van der Waals surface area contributed by atoms with Crippen molar-refractivity contribution < 1.29 is 19.1 Å². The summed E-state index contributed by atoms with van der Waals surface area (Å²) in [4.78, 5) is 22.8. The van der Waals surface area contributed by atoms with Crippen LogP contribution >= 0.6 is 0 Å². The van der Waals surface area contributed by atoms with Crippen LogP contribution in [0.4, 0.5) is 0 Å². The van der Waals surface area contributed by atoms with Gasteiger partial charge in [0.25, 0.3) is 0 Å². The van der Waals surface area contributed by atoms with Crippen LogP contribution in [0.2, 0.25) is 0 Å². The summed E-state index contributed by atoms with van der Waals surface area (Å²) < 4.78 is 9.84. The van der Waals surface area contributed by atoms with Crippen molar-refractivity contribution in [1.29, 1.82) is 0 Å². The lowest BCUT2D eigenvalue weighted by molar-refractivity contribution is -0.139. The molecule has 0 saturated carbocycles. The third-order valence-electron chi connectivity index (χ3n) is 2.39. The average molecular weight is 266 g/mol. The Morgan fingerprint density at radius 1 is 1.16 bits per heavy atom. The monoisotopic (exact) mass is 266 g/mol. The number of carbonyl (C=O) groups excluding carboxylic acids is 2. The minimum absolute atomic E-state index is 0.272. The van der Waals surface area contributed by atoms with Gasteiger partial charge in [0, 0.05) is 20.2 Å². The summed E-state index contributed by atoms with van der Waals surface area (Å²) in [5.41, 5.74) is 0.859. The highest BCUT2D eigenvalue weighted by molar-refractivity contribution is 6.35. The summed E-state index contributed by atoms with van der Waals surface area (Å²) in [5, 5.41) is 4.97. The van der Waals surface area contributed by atoms with Gasteiger partial charge in [-0.15, -0.1) is 0 Å². The van der Waals surface area contributed by atoms with Gasteiger partial charge in [-0.3, -0.25) is 9.59 Å². The number of methoxy groups -OCH3 is 2. The first-order valence-electron chi connectivity index (χ1n) is 5.85. The minimum Gasteiger partial charge on any atom is -0.497 e. The molecule has 1 aromatic carbocycles. The highest BCUT2D eigenvalue weighted by Gasteiger charge is 2.11. The van der Waals surface area contributed by atoms with E-state index in [0.29, 0.717) is 18.9 Å². The molecule has 19 heavy (non-hydrogen) atoms. The van der Waals surface area contributed by atoms with Gasteiger partial charge in [-0.25, -0.2) is 0 Å². The van der Waals surface area contributed by atoms with Crippen molar-refractivity contribution in [3.8, 4) is 5.75 Å². The van der Waals surface area contributed by atoms with Crippen LogP contribution in [0.25, 0.3) is 0 Å². The van der Waals surface area contributed by atoms with Gasteiger partial charge >= 0.3 is 11.8 Å². The summed E-state index contributed by atoms with van der Waals surface area (Å²) in [6, 6.07) is 7.26. The predicted octanol–water partition coefficient (Wildman–Crippen LogP) is 0.0740. The maximum Gasteiger partial charge on any atom is 0.309 e. The second-order valence-corrected chi connectivity index (χ2v) is 3.78. The Bertz CT molecular complexity index is 434. The summed E-state index contributed by atoms with van der Waals surface area (Å²) in [5.74, 6) is -0.629. The number of carbonyl (C=O) groups is 2. The normalized spacial score (nSPS) is 9.79. The number of rotatable bonds is 6.